The Kier molecular flexibility index (Phi) is 3.78. The average Bonchev–Trinajstić information content (AvgIpc) is 2.72. The molecule has 1 unspecified atom stereocenters. The molecule has 94 valence electrons. The third-order valence-corrected chi connectivity index (χ3v) is 3.97. The first-order valence-electron chi connectivity index (χ1n) is 5.18. The lowest BCUT2D eigenvalue weighted by Crippen LogP contribution is -2.21. The molecular formula is C11H11ClF3NS. The molecule has 1 fully saturated rings. The highest BCUT2D eigenvalue weighted by molar-refractivity contribution is 7.99. The van der Waals surface area contributed by atoms with Crippen molar-refractivity contribution in [3.8, 4) is 0 Å². The van der Waals surface area contributed by atoms with Crippen molar-refractivity contribution < 1.29 is 13.2 Å². The zero-order chi connectivity index (χ0) is 12.5. The summed E-state index contributed by atoms with van der Waals surface area (Å²) in [6.07, 6.45) is -3.48. The first kappa shape index (κ1) is 12.9. The SMILES string of the molecule is FC(F)(F)c1cc(Cl)ccc1NC1CCSC1. The summed E-state index contributed by atoms with van der Waals surface area (Å²) in [7, 11) is 0. The van der Waals surface area contributed by atoms with Gasteiger partial charge in [-0.2, -0.15) is 24.9 Å². The van der Waals surface area contributed by atoms with Crippen LogP contribution in [0.1, 0.15) is 12.0 Å². The van der Waals surface area contributed by atoms with Gasteiger partial charge in [-0.25, -0.2) is 0 Å². The predicted octanol–water partition coefficient (Wildman–Crippen LogP) is 4.28. The number of halogens is 4. The van der Waals surface area contributed by atoms with E-state index in [-0.39, 0.29) is 16.8 Å². The molecule has 0 aromatic heterocycles. The van der Waals surface area contributed by atoms with Crippen LogP contribution in [-0.4, -0.2) is 17.5 Å². The molecule has 1 nitrogen and oxygen atoms in total. The van der Waals surface area contributed by atoms with Gasteiger partial charge in [-0.15, -0.1) is 0 Å². The topological polar surface area (TPSA) is 12.0 Å². The molecule has 0 saturated carbocycles. The second-order valence-electron chi connectivity index (χ2n) is 3.89. The fourth-order valence-electron chi connectivity index (χ4n) is 1.75. The average molecular weight is 282 g/mol. The van der Waals surface area contributed by atoms with Gasteiger partial charge < -0.3 is 5.32 Å². The van der Waals surface area contributed by atoms with Crippen molar-refractivity contribution in [1.82, 2.24) is 0 Å². The zero-order valence-corrected chi connectivity index (χ0v) is 10.4. The van der Waals surface area contributed by atoms with Gasteiger partial charge in [0, 0.05) is 22.5 Å². The van der Waals surface area contributed by atoms with Crippen molar-refractivity contribution in [2.45, 2.75) is 18.6 Å². The Labute approximate surface area is 107 Å². The minimum absolute atomic E-state index is 0.101. The molecule has 0 bridgehead atoms. The van der Waals surface area contributed by atoms with Crippen LogP contribution in [0.15, 0.2) is 18.2 Å². The molecule has 0 spiro atoms. The summed E-state index contributed by atoms with van der Waals surface area (Å²) in [5.74, 6) is 1.84. The van der Waals surface area contributed by atoms with Crippen LogP contribution in [0.5, 0.6) is 0 Å². The van der Waals surface area contributed by atoms with Gasteiger partial charge in [0.1, 0.15) is 0 Å². The Morgan fingerprint density at radius 2 is 2.12 bits per heavy atom. The van der Waals surface area contributed by atoms with Crippen LogP contribution in [0.2, 0.25) is 5.02 Å². The number of nitrogens with one attached hydrogen (secondary N) is 1. The largest absolute Gasteiger partial charge is 0.418 e. The van der Waals surface area contributed by atoms with Crippen molar-refractivity contribution in [3.05, 3.63) is 28.8 Å². The lowest BCUT2D eigenvalue weighted by Gasteiger charge is -2.18. The number of benzene rings is 1. The summed E-state index contributed by atoms with van der Waals surface area (Å²) < 4.78 is 38.4. The van der Waals surface area contributed by atoms with Gasteiger partial charge in [-0.1, -0.05) is 11.6 Å². The van der Waals surface area contributed by atoms with E-state index in [0.717, 1.165) is 24.0 Å². The molecule has 0 radical (unpaired) electrons. The molecule has 1 aromatic rings. The summed E-state index contributed by atoms with van der Waals surface area (Å²) in [5.41, 5.74) is -0.573. The van der Waals surface area contributed by atoms with Gasteiger partial charge in [0.2, 0.25) is 0 Å². The van der Waals surface area contributed by atoms with Crippen LogP contribution in [-0.2, 0) is 6.18 Å². The highest BCUT2D eigenvalue weighted by Gasteiger charge is 2.34. The van der Waals surface area contributed by atoms with Crippen LogP contribution in [0.4, 0.5) is 18.9 Å². The highest BCUT2D eigenvalue weighted by Crippen LogP contribution is 2.37. The van der Waals surface area contributed by atoms with Crippen molar-refractivity contribution in [2.75, 3.05) is 16.8 Å². The van der Waals surface area contributed by atoms with Crippen LogP contribution < -0.4 is 5.32 Å². The van der Waals surface area contributed by atoms with E-state index in [1.807, 2.05) is 0 Å². The number of hydrogen-bond acceptors (Lipinski definition) is 2. The molecule has 1 aliphatic heterocycles. The van der Waals surface area contributed by atoms with Gasteiger partial charge in [-0.05, 0) is 30.4 Å². The maximum atomic E-state index is 12.8. The monoisotopic (exact) mass is 281 g/mol. The highest BCUT2D eigenvalue weighted by atomic mass is 35.5. The fraction of sp³-hybridized carbons (Fsp3) is 0.455. The zero-order valence-electron chi connectivity index (χ0n) is 8.85. The molecule has 1 aromatic carbocycles. The molecule has 1 N–H and O–H groups in total. The van der Waals surface area contributed by atoms with E-state index in [9.17, 15) is 13.2 Å². The molecule has 0 amide bonds. The number of rotatable bonds is 2. The van der Waals surface area contributed by atoms with E-state index in [1.165, 1.54) is 12.1 Å². The van der Waals surface area contributed by atoms with Crippen molar-refractivity contribution in [1.29, 1.82) is 0 Å². The summed E-state index contributed by atoms with van der Waals surface area (Å²) in [4.78, 5) is 0. The first-order valence-corrected chi connectivity index (χ1v) is 6.71. The van der Waals surface area contributed by atoms with Gasteiger partial charge in [0.15, 0.2) is 0 Å². The van der Waals surface area contributed by atoms with Crippen LogP contribution in [0.3, 0.4) is 0 Å². The maximum Gasteiger partial charge on any atom is 0.418 e. The lowest BCUT2D eigenvalue weighted by atomic mass is 10.1. The minimum Gasteiger partial charge on any atom is -0.381 e. The summed E-state index contributed by atoms with van der Waals surface area (Å²) >= 11 is 7.36. The number of anilines is 1. The summed E-state index contributed by atoms with van der Waals surface area (Å²) in [5, 5.41) is 3.04. The van der Waals surface area contributed by atoms with E-state index in [1.54, 1.807) is 11.8 Å². The van der Waals surface area contributed by atoms with Crippen LogP contribution in [0, 0.1) is 0 Å². The molecular weight excluding hydrogens is 271 g/mol. The second kappa shape index (κ2) is 4.98. The van der Waals surface area contributed by atoms with E-state index in [0.29, 0.717) is 0 Å². The second-order valence-corrected chi connectivity index (χ2v) is 5.48. The van der Waals surface area contributed by atoms with E-state index >= 15 is 0 Å². The smallest absolute Gasteiger partial charge is 0.381 e. The maximum absolute atomic E-state index is 12.8. The van der Waals surface area contributed by atoms with Crippen molar-refractivity contribution >= 4 is 29.1 Å². The Morgan fingerprint density at radius 1 is 1.35 bits per heavy atom. The summed E-state index contributed by atoms with van der Waals surface area (Å²) in [6.45, 7) is 0. The molecule has 1 atom stereocenters. The molecule has 6 heteroatoms. The normalized spacial score (nSPS) is 20.6. The van der Waals surface area contributed by atoms with Gasteiger partial charge in [0.05, 0.1) is 5.56 Å². The number of alkyl halides is 3. The predicted molar refractivity (Wildman–Crippen MR) is 65.8 cm³/mol. The van der Waals surface area contributed by atoms with Gasteiger partial charge in [-0.3, -0.25) is 0 Å². The van der Waals surface area contributed by atoms with Gasteiger partial charge >= 0.3 is 6.18 Å². The van der Waals surface area contributed by atoms with E-state index in [2.05, 4.69) is 5.32 Å². The quantitative estimate of drug-likeness (QED) is 0.868. The number of hydrogen-bond donors (Lipinski definition) is 1. The lowest BCUT2D eigenvalue weighted by molar-refractivity contribution is -0.137. The standard InChI is InChI=1S/C11H11ClF3NS/c12-7-1-2-10(9(5-7)11(13,14)15)16-8-3-4-17-6-8/h1-2,5,8,16H,3-4,6H2. The number of thioether (sulfide) groups is 1. The van der Waals surface area contributed by atoms with Crippen LogP contribution in [0.25, 0.3) is 0 Å². The molecule has 2 rings (SSSR count). The first-order chi connectivity index (χ1) is 7.97. The third kappa shape index (κ3) is 3.22. The van der Waals surface area contributed by atoms with E-state index in [4.69, 9.17) is 11.6 Å². The van der Waals surface area contributed by atoms with Crippen molar-refractivity contribution in [2.24, 2.45) is 0 Å². The molecule has 0 aliphatic carbocycles. The minimum atomic E-state index is -4.38. The third-order valence-electron chi connectivity index (χ3n) is 2.58. The van der Waals surface area contributed by atoms with Crippen LogP contribution >= 0.6 is 23.4 Å². The van der Waals surface area contributed by atoms with E-state index < -0.39 is 11.7 Å². The Morgan fingerprint density at radius 3 is 2.71 bits per heavy atom. The van der Waals surface area contributed by atoms with Crippen molar-refractivity contribution in [3.63, 3.8) is 0 Å². The molecule has 1 aliphatic rings. The Balaban J connectivity index is 2.25. The Bertz CT molecular complexity index is 402. The summed E-state index contributed by atoms with van der Waals surface area (Å²) in [6, 6.07) is 3.95. The molecule has 17 heavy (non-hydrogen) atoms. The molecule has 1 saturated heterocycles. The Hall–Kier alpha value is -0.550. The van der Waals surface area contributed by atoms with Gasteiger partial charge in [0.25, 0.3) is 0 Å². The fourth-order valence-corrected chi connectivity index (χ4v) is 3.07. The molecule has 1 heterocycles.